The Bertz CT molecular complexity index is 564. The Balaban J connectivity index is 1.62. The highest BCUT2D eigenvalue weighted by Gasteiger charge is 2.22. The summed E-state index contributed by atoms with van der Waals surface area (Å²) in [7, 11) is 2.00. The van der Waals surface area contributed by atoms with Crippen LogP contribution in [0.3, 0.4) is 0 Å². The van der Waals surface area contributed by atoms with Crippen molar-refractivity contribution >= 4 is 5.96 Å². The van der Waals surface area contributed by atoms with Gasteiger partial charge in [-0.05, 0) is 51.4 Å². The Hall–Kier alpha value is -1.59. The second kappa shape index (κ2) is 8.68. The molecular formula is C19H34N6. The molecule has 3 rings (SSSR count). The van der Waals surface area contributed by atoms with Crippen LogP contribution < -0.4 is 10.6 Å². The molecule has 0 bridgehead atoms. The predicted molar refractivity (Wildman–Crippen MR) is 101 cm³/mol. The zero-order valence-corrected chi connectivity index (χ0v) is 16.1. The molecule has 0 saturated heterocycles. The van der Waals surface area contributed by atoms with Crippen LogP contribution in [0.25, 0.3) is 0 Å². The van der Waals surface area contributed by atoms with Crippen LogP contribution >= 0.6 is 0 Å². The van der Waals surface area contributed by atoms with E-state index in [1.165, 1.54) is 57.8 Å². The van der Waals surface area contributed by atoms with Crippen LogP contribution in [-0.2, 0) is 13.6 Å². The number of hydrogen-bond acceptors (Lipinski definition) is 3. The van der Waals surface area contributed by atoms with E-state index in [9.17, 15) is 0 Å². The first-order chi connectivity index (χ1) is 12.2. The molecule has 1 aromatic heterocycles. The summed E-state index contributed by atoms with van der Waals surface area (Å²) in [5, 5.41) is 15.7. The normalized spacial score (nSPS) is 25.3. The van der Waals surface area contributed by atoms with Crippen molar-refractivity contribution in [1.82, 2.24) is 25.4 Å². The zero-order valence-electron chi connectivity index (χ0n) is 16.1. The van der Waals surface area contributed by atoms with Crippen LogP contribution in [0.5, 0.6) is 0 Å². The van der Waals surface area contributed by atoms with Crippen LogP contribution in [0.1, 0.15) is 76.4 Å². The monoisotopic (exact) mass is 346 g/mol. The van der Waals surface area contributed by atoms with Gasteiger partial charge in [0.2, 0.25) is 0 Å². The van der Waals surface area contributed by atoms with Crippen molar-refractivity contribution in [1.29, 1.82) is 0 Å². The Kier molecular flexibility index (Phi) is 6.32. The van der Waals surface area contributed by atoms with E-state index < -0.39 is 0 Å². The third-order valence-electron chi connectivity index (χ3n) is 6.02. The molecule has 25 heavy (non-hydrogen) atoms. The molecule has 2 fully saturated rings. The number of guanidine groups is 1. The van der Waals surface area contributed by atoms with E-state index in [-0.39, 0.29) is 0 Å². The molecule has 0 spiro atoms. The average molecular weight is 347 g/mol. The van der Waals surface area contributed by atoms with Gasteiger partial charge in [0.1, 0.15) is 12.4 Å². The molecule has 0 radical (unpaired) electrons. The van der Waals surface area contributed by atoms with Crippen LogP contribution in [0.2, 0.25) is 0 Å². The molecule has 2 saturated carbocycles. The first-order valence-electron chi connectivity index (χ1n) is 10.1. The molecule has 2 N–H and O–H groups in total. The largest absolute Gasteiger partial charge is 0.354 e. The molecule has 0 amide bonds. The van der Waals surface area contributed by atoms with Crippen LogP contribution in [0.4, 0.5) is 0 Å². The van der Waals surface area contributed by atoms with Gasteiger partial charge >= 0.3 is 0 Å². The second-order valence-corrected chi connectivity index (χ2v) is 7.78. The van der Waals surface area contributed by atoms with Crippen LogP contribution in [0.15, 0.2) is 4.99 Å². The van der Waals surface area contributed by atoms with Crippen molar-refractivity contribution in [2.75, 3.05) is 0 Å². The zero-order chi connectivity index (χ0) is 17.6. The van der Waals surface area contributed by atoms with E-state index in [4.69, 9.17) is 4.99 Å². The van der Waals surface area contributed by atoms with Gasteiger partial charge < -0.3 is 15.2 Å². The van der Waals surface area contributed by atoms with E-state index in [2.05, 4.69) is 27.8 Å². The van der Waals surface area contributed by atoms with E-state index >= 15 is 0 Å². The molecule has 2 aliphatic carbocycles. The fourth-order valence-electron chi connectivity index (χ4n) is 4.04. The molecule has 0 aliphatic heterocycles. The maximum Gasteiger partial charge on any atom is 0.192 e. The summed E-state index contributed by atoms with van der Waals surface area (Å²) in [5.41, 5.74) is 0. The number of rotatable bonds is 5. The fraction of sp³-hybridized carbons (Fsp3) is 0.842. The van der Waals surface area contributed by atoms with Gasteiger partial charge in [-0.1, -0.05) is 26.2 Å². The average Bonchev–Trinajstić information content (AvgIpc) is 3.25. The summed E-state index contributed by atoms with van der Waals surface area (Å²) < 4.78 is 2.02. The highest BCUT2D eigenvalue weighted by atomic mass is 15.3. The van der Waals surface area contributed by atoms with E-state index in [0.29, 0.717) is 18.6 Å². The number of hydrogen-bond donors (Lipinski definition) is 2. The molecule has 6 heteroatoms. The molecule has 0 atom stereocenters. The predicted octanol–water partition coefficient (Wildman–Crippen LogP) is 3.07. The van der Waals surface area contributed by atoms with Crippen molar-refractivity contribution in [3.63, 3.8) is 0 Å². The summed E-state index contributed by atoms with van der Waals surface area (Å²) in [6.45, 7) is 4.86. The van der Waals surface area contributed by atoms with E-state index in [1.54, 1.807) is 0 Å². The highest BCUT2D eigenvalue weighted by molar-refractivity contribution is 5.80. The van der Waals surface area contributed by atoms with Crippen molar-refractivity contribution in [2.24, 2.45) is 18.0 Å². The third-order valence-corrected chi connectivity index (χ3v) is 6.02. The minimum absolute atomic E-state index is 0.552. The third kappa shape index (κ3) is 4.95. The number of aliphatic imine (C=N–C) groups is 1. The molecular weight excluding hydrogens is 312 g/mol. The van der Waals surface area contributed by atoms with E-state index in [1.807, 2.05) is 18.5 Å². The Morgan fingerprint density at radius 3 is 2.24 bits per heavy atom. The maximum atomic E-state index is 4.84. The van der Waals surface area contributed by atoms with Gasteiger partial charge in [-0.3, -0.25) is 0 Å². The lowest BCUT2D eigenvalue weighted by molar-refractivity contribution is 0.303. The SMILES string of the molecule is CCC1CCC(NC(=NCc2nnc(C)n2C)NC2CCCC2)CC1. The number of nitrogens with zero attached hydrogens (tertiary/aromatic N) is 4. The first kappa shape index (κ1) is 18.2. The number of nitrogens with one attached hydrogen (secondary N) is 2. The van der Waals surface area contributed by atoms with Crippen LogP contribution in [-0.4, -0.2) is 32.8 Å². The minimum atomic E-state index is 0.552. The van der Waals surface area contributed by atoms with Crippen molar-refractivity contribution in [2.45, 2.75) is 90.3 Å². The van der Waals surface area contributed by atoms with Gasteiger partial charge in [-0.25, -0.2) is 4.99 Å². The van der Waals surface area contributed by atoms with Crippen molar-refractivity contribution < 1.29 is 0 Å². The van der Waals surface area contributed by atoms with Gasteiger partial charge in [0.25, 0.3) is 0 Å². The lowest BCUT2D eigenvalue weighted by atomic mass is 9.84. The smallest absolute Gasteiger partial charge is 0.192 e. The molecule has 6 nitrogen and oxygen atoms in total. The van der Waals surface area contributed by atoms with Crippen molar-refractivity contribution in [3.05, 3.63) is 11.6 Å². The van der Waals surface area contributed by atoms with E-state index in [0.717, 1.165) is 23.5 Å². The fourth-order valence-corrected chi connectivity index (χ4v) is 4.04. The Labute approximate surface area is 151 Å². The highest BCUT2D eigenvalue weighted by Crippen LogP contribution is 2.26. The second-order valence-electron chi connectivity index (χ2n) is 7.78. The molecule has 0 aromatic carbocycles. The van der Waals surface area contributed by atoms with Crippen LogP contribution in [0, 0.1) is 12.8 Å². The molecule has 0 unspecified atom stereocenters. The number of aromatic nitrogens is 3. The summed E-state index contributed by atoms with van der Waals surface area (Å²) in [6.07, 6.45) is 11.7. The lowest BCUT2D eigenvalue weighted by Crippen LogP contribution is -2.47. The summed E-state index contributed by atoms with van der Waals surface area (Å²) >= 11 is 0. The Morgan fingerprint density at radius 2 is 1.68 bits per heavy atom. The molecule has 1 aromatic rings. The topological polar surface area (TPSA) is 67.1 Å². The summed E-state index contributed by atoms with van der Waals surface area (Å²) in [4.78, 5) is 4.84. The molecule has 140 valence electrons. The summed E-state index contributed by atoms with van der Waals surface area (Å²) in [5.74, 6) is 3.73. The minimum Gasteiger partial charge on any atom is -0.354 e. The first-order valence-corrected chi connectivity index (χ1v) is 10.1. The molecule has 2 aliphatic rings. The molecule has 1 heterocycles. The van der Waals surface area contributed by atoms with Gasteiger partial charge in [0.15, 0.2) is 11.8 Å². The van der Waals surface area contributed by atoms with Gasteiger partial charge in [-0.15, -0.1) is 10.2 Å². The number of aryl methyl sites for hydroxylation is 1. The standard InChI is InChI=1S/C19H34N6/c1-4-15-9-11-17(12-10-15)22-19(21-16-7-5-6-8-16)20-13-18-24-23-14(2)25(18)3/h15-17H,4-13H2,1-3H3,(H2,20,21,22). The maximum absolute atomic E-state index is 4.84. The van der Waals surface area contributed by atoms with Crippen molar-refractivity contribution in [3.8, 4) is 0 Å². The lowest BCUT2D eigenvalue weighted by Gasteiger charge is -2.30. The quantitative estimate of drug-likeness (QED) is 0.635. The summed E-state index contributed by atoms with van der Waals surface area (Å²) in [6, 6.07) is 1.12. The Morgan fingerprint density at radius 1 is 1.04 bits per heavy atom. The van der Waals surface area contributed by atoms with Gasteiger partial charge in [0.05, 0.1) is 0 Å². The van der Waals surface area contributed by atoms with Gasteiger partial charge in [0, 0.05) is 19.1 Å². The van der Waals surface area contributed by atoms with Gasteiger partial charge in [-0.2, -0.15) is 0 Å².